The lowest BCUT2D eigenvalue weighted by Crippen LogP contribution is -2.18. The minimum absolute atomic E-state index is 0.0635. The topological polar surface area (TPSA) is 106 Å². The summed E-state index contributed by atoms with van der Waals surface area (Å²) in [5.41, 5.74) is 3.02. The number of esters is 1. The molecule has 0 spiro atoms. The highest BCUT2D eigenvalue weighted by Gasteiger charge is 2.16. The van der Waals surface area contributed by atoms with Crippen molar-refractivity contribution in [3.05, 3.63) is 52.8 Å². The normalized spacial score (nSPS) is 10.4. The number of carbonyl (C=O) groups excluding carboxylic acids is 2. The van der Waals surface area contributed by atoms with Gasteiger partial charge in [0, 0.05) is 30.6 Å². The molecule has 2 N–H and O–H groups in total. The smallest absolute Gasteiger partial charge is 0.343 e. The lowest BCUT2D eigenvalue weighted by molar-refractivity contribution is -0.119. The molecule has 9 heteroatoms. The van der Waals surface area contributed by atoms with Crippen molar-refractivity contribution in [2.24, 2.45) is 0 Å². The molecule has 29 heavy (non-hydrogen) atoms. The van der Waals surface area contributed by atoms with E-state index in [-0.39, 0.29) is 18.1 Å². The molecule has 0 radical (unpaired) electrons. The molecule has 8 nitrogen and oxygen atoms in total. The van der Waals surface area contributed by atoms with E-state index in [0.29, 0.717) is 23.3 Å². The van der Waals surface area contributed by atoms with Crippen LogP contribution in [0.2, 0.25) is 0 Å². The molecule has 0 saturated heterocycles. The predicted molar refractivity (Wildman–Crippen MR) is 111 cm³/mol. The fraction of sp³-hybridized carbons (Fsp3) is 0.250. The molecule has 0 aliphatic rings. The summed E-state index contributed by atoms with van der Waals surface area (Å²) < 4.78 is 5.06. The Morgan fingerprint density at radius 2 is 1.93 bits per heavy atom. The zero-order valence-electron chi connectivity index (χ0n) is 16.4. The van der Waals surface area contributed by atoms with Gasteiger partial charge >= 0.3 is 5.97 Å². The number of nitrogens with one attached hydrogen (secondary N) is 2. The number of aryl methyl sites for hydroxylation is 1. The van der Waals surface area contributed by atoms with Crippen molar-refractivity contribution in [1.29, 1.82) is 0 Å². The molecule has 0 bridgehead atoms. The van der Waals surface area contributed by atoms with Crippen molar-refractivity contribution in [3.8, 4) is 11.3 Å². The van der Waals surface area contributed by atoms with Gasteiger partial charge in [-0.25, -0.2) is 19.7 Å². The SMILES string of the molecule is CCOC(=O)c1cnc(C)nc1Nc1nc(-c2ccc(CNC(C)=O)cc2)cs1. The third-order valence-electron chi connectivity index (χ3n) is 3.93. The Bertz CT molecular complexity index is 1020. The number of thiazole rings is 1. The molecular formula is C20H21N5O3S. The van der Waals surface area contributed by atoms with Crippen molar-refractivity contribution in [3.63, 3.8) is 0 Å². The number of rotatable bonds is 7. The van der Waals surface area contributed by atoms with Crippen LogP contribution in [-0.4, -0.2) is 33.4 Å². The van der Waals surface area contributed by atoms with Gasteiger partial charge in [0.2, 0.25) is 5.91 Å². The fourth-order valence-electron chi connectivity index (χ4n) is 2.51. The summed E-state index contributed by atoms with van der Waals surface area (Å²) in [6.45, 7) is 5.74. The van der Waals surface area contributed by atoms with E-state index in [1.54, 1.807) is 13.8 Å². The molecule has 0 fully saturated rings. The quantitative estimate of drug-likeness (QED) is 0.573. The molecule has 2 heterocycles. The van der Waals surface area contributed by atoms with Gasteiger partial charge in [-0.2, -0.15) is 0 Å². The first-order valence-corrected chi connectivity index (χ1v) is 9.91. The van der Waals surface area contributed by atoms with Gasteiger partial charge in [0.25, 0.3) is 0 Å². The van der Waals surface area contributed by atoms with Gasteiger partial charge in [-0.1, -0.05) is 24.3 Å². The monoisotopic (exact) mass is 411 g/mol. The first-order valence-electron chi connectivity index (χ1n) is 9.03. The molecule has 3 rings (SSSR count). The maximum atomic E-state index is 12.1. The number of hydrogen-bond donors (Lipinski definition) is 2. The first kappa shape index (κ1) is 20.4. The standard InChI is InChI=1S/C20H21N5O3S/c1-4-28-19(27)16-10-21-12(2)23-18(16)25-20-24-17(11-29-20)15-7-5-14(6-8-15)9-22-13(3)26/h5-8,10-11H,4,9H2,1-3H3,(H,22,26)(H,21,23,24,25). The van der Waals surface area contributed by atoms with Crippen LogP contribution in [0.25, 0.3) is 11.3 Å². The first-order chi connectivity index (χ1) is 14.0. The van der Waals surface area contributed by atoms with Crippen LogP contribution >= 0.6 is 11.3 Å². The second kappa shape index (κ2) is 9.24. The van der Waals surface area contributed by atoms with Crippen LogP contribution in [-0.2, 0) is 16.1 Å². The third kappa shape index (κ3) is 5.35. The number of anilines is 2. The Balaban J connectivity index is 1.76. The predicted octanol–water partition coefficient (Wildman–Crippen LogP) is 3.46. The van der Waals surface area contributed by atoms with Crippen LogP contribution in [0.15, 0.2) is 35.8 Å². The molecule has 0 saturated carbocycles. The van der Waals surface area contributed by atoms with Crippen molar-refractivity contribution < 1.29 is 14.3 Å². The fourth-order valence-corrected chi connectivity index (χ4v) is 3.23. The zero-order valence-corrected chi connectivity index (χ0v) is 17.2. The lowest BCUT2D eigenvalue weighted by Gasteiger charge is -2.08. The van der Waals surface area contributed by atoms with Crippen molar-refractivity contribution in [1.82, 2.24) is 20.3 Å². The molecular weight excluding hydrogens is 390 g/mol. The van der Waals surface area contributed by atoms with E-state index in [2.05, 4.69) is 25.6 Å². The summed E-state index contributed by atoms with van der Waals surface area (Å²) in [7, 11) is 0. The minimum atomic E-state index is -0.485. The van der Waals surface area contributed by atoms with Crippen LogP contribution in [0.1, 0.15) is 35.6 Å². The number of nitrogens with zero attached hydrogens (tertiary/aromatic N) is 3. The molecule has 0 aliphatic heterocycles. The lowest BCUT2D eigenvalue weighted by atomic mass is 10.1. The van der Waals surface area contributed by atoms with Crippen molar-refractivity contribution in [2.45, 2.75) is 27.3 Å². The maximum absolute atomic E-state index is 12.1. The van der Waals surface area contributed by atoms with Crippen LogP contribution in [0, 0.1) is 6.92 Å². The van der Waals surface area contributed by atoms with Gasteiger partial charge in [-0.15, -0.1) is 11.3 Å². The molecule has 0 atom stereocenters. The van der Waals surface area contributed by atoms with Gasteiger partial charge in [0.15, 0.2) is 10.9 Å². The van der Waals surface area contributed by atoms with E-state index in [9.17, 15) is 9.59 Å². The van der Waals surface area contributed by atoms with Crippen molar-refractivity contribution in [2.75, 3.05) is 11.9 Å². The van der Waals surface area contributed by atoms with Crippen LogP contribution < -0.4 is 10.6 Å². The Hall–Kier alpha value is -3.33. The molecule has 3 aromatic rings. The van der Waals surface area contributed by atoms with E-state index in [1.165, 1.54) is 24.5 Å². The molecule has 150 valence electrons. The minimum Gasteiger partial charge on any atom is -0.462 e. The molecule has 1 aromatic carbocycles. The highest BCUT2D eigenvalue weighted by Crippen LogP contribution is 2.28. The van der Waals surface area contributed by atoms with E-state index in [4.69, 9.17) is 4.74 Å². The van der Waals surface area contributed by atoms with E-state index in [0.717, 1.165) is 16.8 Å². The summed E-state index contributed by atoms with van der Waals surface area (Å²) in [5, 5.41) is 8.39. The molecule has 0 aliphatic carbocycles. The van der Waals surface area contributed by atoms with Crippen molar-refractivity contribution >= 4 is 34.2 Å². The van der Waals surface area contributed by atoms with Gasteiger partial charge < -0.3 is 15.4 Å². The molecule has 2 aromatic heterocycles. The zero-order chi connectivity index (χ0) is 20.8. The van der Waals surface area contributed by atoms with E-state index in [1.807, 2.05) is 29.6 Å². The van der Waals surface area contributed by atoms with Crippen LogP contribution in [0.5, 0.6) is 0 Å². The third-order valence-corrected chi connectivity index (χ3v) is 4.68. The number of hydrogen-bond acceptors (Lipinski definition) is 8. The Morgan fingerprint density at radius 1 is 1.17 bits per heavy atom. The van der Waals surface area contributed by atoms with E-state index >= 15 is 0 Å². The average Bonchev–Trinajstić information content (AvgIpc) is 3.15. The summed E-state index contributed by atoms with van der Waals surface area (Å²) in [5.74, 6) is 0.350. The Labute approximate surface area is 172 Å². The summed E-state index contributed by atoms with van der Waals surface area (Å²) in [6, 6.07) is 7.80. The second-order valence-corrected chi connectivity index (χ2v) is 7.03. The van der Waals surface area contributed by atoms with Crippen LogP contribution in [0.3, 0.4) is 0 Å². The number of carbonyl (C=O) groups is 2. The van der Waals surface area contributed by atoms with Gasteiger partial charge in [-0.05, 0) is 19.4 Å². The highest BCUT2D eigenvalue weighted by atomic mass is 32.1. The summed E-state index contributed by atoms with van der Waals surface area (Å²) in [6.07, 6.45) is 1.45. The Kier molecular flexibility index (Phi) is 6.50. The molecule has 0 unspecified atom stereocenters. The summed E-state index contributed by atoms with van der Waals surface area (Å²) >= 11 is 1.41. The number of amides is 1. The summed E-state index contributed by atoms with van der Waals surface area (Å²) in [4.78, 5) is 36.1. The average molecular weight is 411 g/mol. The number of aromatic nitrogens is 3. The van der Waals surface area contributed by atoms with Gasteiger partial charge in [-0.3, -0.25) is 4.79 Å². The largest absolute Gasteiger partial charge is 0.462 e. The number of ether oxygens (including phenoxy) is 1. The maximum Gasteiger partial charge on any atom is 0.343 e. The number of benzene rings is 1. The highest BCUT2D eigenvalue weighted by molar-refractivity contribution is 7.14. The Morgan fingerprint density at radius 3 is 2.62 bits per heavy atom. The van der Waals surface area contributed by atoms with E-state index < -0.39 is 5.97 Å². The van der Waals surface area contributed by atoms with Gasteiger partial charge in [0.05, 0.1) is 12.3 Å². The van der Waals surface area contributed by atoms with Gasteiger partial charge in [0.1, 0.15) is 11.4 Å². The molecule has 1 amide bonds. The van der Waals surface area contributed by atoms with Crippen LogP contribution in [0.4, 0.5) is 10.9 Å². The second-order valence-electron chi connectivity index (χ2n) is 6.17.